The van der Waals surface area contributed by atoms with Crippen molar-refractivity contribution in [3.05, 3.63) is 0 Å². The zero-order valence-corrected chi connectivity index (χ0v) is 12.7. The van der Waals surface area contributed by atoms with E-state index in [1.807, 2.05) is 0 Å². The molecule has 0 aromatic carbocycles. The predicted molar refractivity (Wildman–Crippen MR) is 77.1 cm³/mol. The first kappa shape index (κ1) is 15.6. The molecular weight excluding hydrogens is 277 g/mol. The van der Waals surface area contributed by atoms with Crippen LogP contribution in [0.4, 0.5) is 13.2 Å². The molecule has 3 aliphatic rings. The van der Waals surface area contributed by atoms with E-state index in [9.17, 15) is 13.2 Å². The van der Waals surface area contributed by atoms with E-state index in [0.717, 1.165) is 38.4 Å². The first-order valence-corrected chi connectivity index (χ1v) is 8.56. The van der Waals surface area contributed by atoms with E-state index in [0.29, 0.717) is 18.9 Å². The zero-order chi connectivity index (χ0) is 14.9. The molecule has 0 aromatic heterocycles. The van der Waals surface area contributed by atoms with E-state index in [1.54, 1.807) is 0 Å². The summed E-state index contributed by atoms with van der Waals surface area (Å²) in [6.45, 7) is 3.04. The van der Waals surface area contributed by atoms with Gasteiger partial charge >= 0.3 is 6.18 Å². The fourth-order valence-corrected chi connectivity index (χ4v) is 3.99. The number of halogens is 3. The van der Waals surface area contributed by atoms with Gasteiger partial charge in [0.2, 0.25) is 0 Å². The molecule has 3 fully saturated rings. The first-order valence-electron chi connectivity index (χ1n) is 8.56. The second-order valence-corrected chi connectivity index (χ2v) is 7.25. The topological polar surface area (TPSA) is 15.3 Å². The Hall–Kier alpha value is -0.290. The van der Waals surface area contributed by atoms with Crippen molar-refractivity contribution in [2.45, 2.75) is 69.6 Å². The molecule has 1 N–H and O–H groups in total. The lowest BCUT2D eigenvalue weighted by molar-refractivity contribution is -0.186. The zero-order valence-electron chi connectivity index (χ0n) is 12.7. The molecular formula is C16H27F3N2. The quantitative estimate of drug-likeness (QED) is 0.835. The van der Waals surface area contributed by atoms with Gasteiger partial charge in [-0.05, 0) is 57.4 Å². The normalized spacial score (nSPS) is 34.6. The van der Waals surface area contributed by atoms with Crippen molar-refractivity contribution in [2.24, 2.45) is 11.8 Å². The second kappa shape index (κ2) is 6.45. The minimum Gasteiger partial charge on any atom is -0.313 e. The van der Waals surface area contributed by atoms with Crippen molar-refractivity contribution in [1.82, 2.24) is 10.2 Å². The van der Waals surface area contributed by atoms with Crippen LogP contribution in [0.1, 0.15) is 51.4 Å². The number of hydrogen-bond donors (Lipinski definition) is 1. The van der Waals surface area contributed by atoms with Crippen LogP contribution in [0.3, 0.4) is 0 Å². The molecule has 21 heavy (non-hydrogen) atoms. The molecule has 0 radical (unpaired) electrons. The number of nitrogens with zero attached hydrogens (tertiary/aromatic N) is 1. The molecule has 2 saturated carbocycles. The van der Waals surface area contributed by atoms with Gasteiger partial charge in [0.05, 0.1) is 5.92 Å². The second-order valence-electron chi connectivity index (χ2n) is 7.25. The summed E-state index contributed by atoms with van der Waals surface area (Å²) in [5.41, 5.74) is 0. The average Bonchev–Trinajstić information content (AvgIpc) is 3.11. The van der Waals surface area contributed by atoms with Gasteiger partial charge in [-0.3, -0.25) is 4.90 Å². The highest BCUT2D eigenvalue weighted by molar-refractivity contribution is 4.89. The van der Waals surface area contributed by atoms with Crippen molar-refractivity contribution in [2.75, 3.05) is 19.6 Å². The van der Waals surface area contributed by atoms with Crippen LogP contribution in [0.15, 0.2) is 0 Å². The molecule has 1 saturated heterocycles. The van der Waals surface area contributed by atoms with Gasteiger partial charge in [0.25, 0.3) is 0 Å². The van der Waals surface area contributed by atoms with Gasteiger partial charge in [0.15, 0.2) is 0 Å². The Morgan fingerprint density at radius 1 is 0.952 bits per heavy atom. The third-order valence-electron chi connectivity index (χ3n) is 5.43. The van der Waals surface area contributed by atoms with E-state index in [2.05, 4.69) is 10.2 Å². The lowest BCUT2D eigenvalue weighted by atomic mass is 9.84. The van der Waals surface area contributed by atoms with Crippen LogP contribution in [0.25, 0.3) is 0 Å². The summed E-state index contributed by atoms with van der Waals surface area (Å²) in [6, 6.07) is 0.642. The molecule has 0 spiro atoms. The van der Waals surface area contributed by atoms with Crippen LogP contribution < -0.4 is 5.32 Å². The van der Waals surface area contributed by atoms with Crippen LogP contribution in [0, 0.1) is 11.8 Å². The van der Waals surface area contributed by atoms with Crippen molar-refractivity contribution in [3.8, 4) is 0 Å². The standard InChI is InChI=1S/C16H27F3N2/c17-16(18,19)13-3-1-5-15(9-13)21(10-12-6-7-12)11-14-4-2-8-20-14/h12-15,20H,1-11H2. The van der Waals surface area contributed by atoms with Crippen molar-refractivity contribution < 1.29 is 13.2 Å². The monoisotopic (exact) mass is 304 g/mol. The van der Waals surface area contributed by atoms with E-state index in [4.69, 9.17) is 0 Å². The lowest BCUT2D eigenvalue weighted by Gasteiger charge is -2.39. The van der Waals surface area contributed by atoms with Crippen LogP contribution in [-0.2, 0) is 0 Å². The Kier molecular flexibility index (Phi) is 4.79. The number of nitrogens with one attached hydrogen (secondary N) is 1. The van der Waals surface area contributed by atoms with Crippen molar-refractivity contribution >= 4 is 0 Å². The Bertz CT molecular complexity index is 335. The number of alkyl halides is 3. The summed E-state index contributed by atoms with van der Waals surface area (Å²) in [7, 11) is 0. The highest BCUT2D eigenvalue weighted by Gasteiger charge is 2.44. The molecule has 1 heterocycles. The number of hydrogen-bond acceptors (Lipinski definition) is 2. The molecule has 2 nitrogen and oxygen atoms in total. The van der Waals surface area contributed by atoms with Gasteiger partial charge in [-0.25, -0.2) is 0 Å². The molecule has 3 rings (SSSR count). The Balaban J connectivity index is 1.60. The van der Waals surface area contributed by atoms with Gasteiger partial charge in [0, 0.05) is 25.2 Å². The minimum atomic E-state index is -4.00. The molecule has 3 unspecified atom stereocenters. The third-order valence-corrected chi connectivity index (χ3v) is 5.43. The SMILES string of the molecule is FC(F)(F)C1CCCC(N(CC2CC2)CC2CCCN2)C1. The average molecular weight is 304 g/mol. The summed E-state index contributed by atoms with van der Waals surface area (Å²) >= 11 is 0. The maximum absolute atomic E-state index is 13.0. The fourth-order valence-electron chi connectivity index (χ4n) is 3.99. The molecule has 0 amide bonds. The summed E-state index contributed by atoms with van der Waals surface area (Å²) in [4.78, 5) is 2.40. The van der Waals surface area contributed by atoms with Crippen LogP contribution >= 0.6 is 0 Å². The van der Waals surface area contributed by atoms with Gasteiger partial charge < -0.3 is 5.32 Å². The minimum absolute atomic E-state index is 0.147. The summed E-state index contributed by atoms with van der Waals surface area (Å²) < 4.78 is 39.1. The molecule has 1 aliphatic heterocycles. The van der Waals surface area contributed by atoms with E-state index < -0.39 is 12.1 Å². The maximum Gasteiger partial charge on any atom is 0.391 e. The van der Waals surface area contributed by atoms with Gasteiger partial charge in [0.1, 0.15) is 0 Å². The molecule has 0 bridgehead atoms. The summed E-state index contributed by atoms with van der Waals surface area (Å²) in [6.07, 6.45) is 3.25. The Morgan fingerprint density at radius 2 is 1.76 bits per heavy atom. The molecule has 5 heteroatoms. The van der Waals surface area contributed by atoms with E-state index in [1.165, 1.54) is 25.7 Å². The highest BCUT2D eigenvalue weighted by Crippen LogP contribution is 2.40. The summed E-state index contributed by atoms with van der Waals surface area (Å²) in [5.74, 6) is -0.327. The van der Waals surface area contributed by atoms with Gasteiger partial charge in [-0.2, -0.15) is 13.2 Å². The van der Waals surface area contributed by atoms with E-state index >= 15 is 0 Å². The van der Waals surface area contributed by atoms with Crippen molar-refractivity contribution in [1.29, 1.82) is 0 Å². The molecule has 0 aromatic rings. The first-order chi connectivity index (χ1) is 10.0. The maximum atomic E-state index is 13.0. The summed E-state index contributed by atoms with van der Waals surface area (Å²) in [5, 5.41) is 3.50. The fraction of sp³-hybridized carbons (Fsp3) is 1.00. The largest absolute Gasteiger partial charge is 0.391 e. The van der Waals surface area contributed by atoms with Crippen molar-refractivity contribution in [3.63, 3.8) is 0 Å². The van der Waals surface area contributed by atoms with Crippen LogP contribution in [0.2, 0.25) is 0 Å². The molecule has 122 valence electrons. The lowest BCUT2D eigenvalue weighted by Crippen LogP contribution is -2.47. The Labute approximate surface area is 125 Å². The predicted octanol–water partition coefficient (Wildman–Crippen LogP) is 3.57. The van der Waals surface area contributed by atoms with Gasteiger partial charge in [-0.1, -0.05) is 6.42 Å². The van der Waals surface area contributed by atoms with E-state index in [-0.39, 0.29) is 6.04 Å². The smallest absolute Gasteiger partial charge is 0.313 e. The Morgan fingerprint density at radius 3 is 2.38 bits per heavy atom. The molecule has 2 aliphatic carbocycles. The number of rotatable bonds is 5. The van der Waals surface area contributed by atoms with Gasteiger partial charge in [-0.15, -0.1) is 0 Å². The van der Waals surface area contributed by atoms with Crippen LogP contribution in [-0.4, -0.2) is 42.8 Å². The highest BCUT2D eigenvalue weighted by atomic mass is 19.4. The van der Waals surface area contributed by atoms with Crippen LogP contribution in [0.5, 0.6) is 0 Å². The molecule has 3 atom stereocenters. The third kappa shape index (κ3) is 4.35.